The summed E-state index contributed by atoms with van der Waals surface area (Å²) >= 11 is 6.00. The number of amides is 1. The summed E-state index contributed by atoms with van der Waals surface area (Å²) in [6.07, 6.45) is 3.02. The van der Waals surface area contributed by atoms with Crippen LogP contribution < -0.4 is 11.1 Å². The third-order valence-electron chi connectivity index (χ3n) is 4.33. The minimum absolute atomic E-state index is 0.0537. The van der Waals surface area contributed by atoms with Gasteiger partial charge in [0.15, 0.2) is 0 Å². The van der Waals surface area contributed by atoms with Crippen molar-refractivity contribution in [1.29, 1.82) is 0 Å². The third kappa shape index (κ3) is 2.55. The minimum Gasteiger partial charge on any atom is -0.381 e. The van der Waals surface area contributed by atoms with Gasteiger partial charge in [0.25, 0.3) is 0 Å². The van der Waals surface area contributed by atoms with E-state index in [1.807, 2.05) is 18.2 Å². The molecule has 1 aliphatic heterocycles. The first kappa shape index (κ1) is 13.9. The van der Waals surface area contributed by atoms with Gasteiger partial charge in [0, 0.05) is 18.2 Å². The van der Waals surface area contributed by atoms with Crippen LogP contribution in [-0.4, -0.2) is 24.7 Å². The Morgan fingerprint density at radius 2 is 2.15 bits per heavy atom. The van der Waals surface area contributed by atoms with Crippen LogP contribution in [0.4, 0.5) is 0 Å². The highest BCUT2D eigenvalue weighted by molar-refractivity contribution is 6.30. The van der Waals surface area contributed by atoms with Gasteiger partial charge in [-0.1, -0.05) is 17.7 Å². The van der Waals surface area contributed by atoms with E-state index in [9.17, 15) is 4.79 Å². The molecule has 0 bridgehead atoms. The number of benzene rings is 1. The number of halogens is 1. The van der Waals surface area contributed by atoms with E-state index in [2.05, 4.69) is 5.32 Å². The topological polar surface area (TPSA) is 64.4 Å². The van der Waals surface area contributed by atoms with Crippen molar-refractivity contribution >= 4 is 17.5 Å². The number of hydrogen-bond acceptors (Lipinski definition) is 3. The highest BCUT2D eigenvalue weighted by Crippen LogP contribution is 2.33. The maximum atomic E-state index is 12.4. The molecule has 0 spiro atoms. The van der Waals surface area contributed by atoms with Crippen LogP contribution in [0.3, 0.4) is 0 Å². The zero-order valence-corrected chi connectivity index (χ0v) is 12.1. The molecular weight excluding hydrogens is 276 g/mol. The minimum atomic E-state index is -0.784. The van der Waals surface area contributed by atoms with Gasteiger partial charge in [0.05, 0.1) is 11.6 Å². The molecule has 0 aromatic heterocycles. The molecule has 20 heavy (non-hydrogen) atoms. The number of fused-ring (bicyclic) bond motifs is 1. The maximum Gasteiger partial charge on any atom is 0.240 e. The predicted octanol–water partition coefficient (Wildman–Crippen LogP) is 1.95. The lowest BCUT2D eigenvalue weighted by molar-refractivity contribution is -0.130. The molecule has 0 saturated carbocycles. The van der Waals surface area contributed by atoms with Gasteiger partial charge in [-0.15, -0.1) is 0 Å². The quantitative estimate of drug-likeness (QED) is 0.876. The van der Waals surface area contributed by atoms with E-state index < -0.39 is 5.54 Å². The average molecular weight is 295 g/mol. The third-order valence-corrected chi connectivity index (χ3v) is 4.56. The van der Waals surface area contributed by atoms with Crippen molar-refractivity contribution in [1.82, 2.24) is 5.32 Å². The molecule has 3 N–H and O–H groups in total. The second-order valence-electron chi connectivity index (χ2n) is 5.68. The monoisotopic (exact) mass is 294 g/mol. The molecule has 1 heterocycles. The summed E-state index contributed by atoms with van der Waals surface area (Å²) < 4.78 is 5.28. The largest absolute Gasteiger partial charge is 0.381 e. The van der Waals surface area contributed by atoms with Gasteiger partial charge in [-0.2, -0.15) is 0 Å². The first-order valence-corrected chi connectivity index (χ1v) is 7.42. The summed E-state index contributed by atoms with van der Waals surface area (Å²) in [5.41, 5.74) is 7.82. The molecule has 4 nitrogen and oxygen atoms in total. The molecule has 1 amide bonds. The van der Waals surface area contributed by atoms with Crippen LogP contribution in [0.15, 0.2) is 18.2 Å². The summed E-state index contributed by atoms with van der Waals surface area (Å²) in [6.45, 7) is 1.11. The molecule has 1 aromatic carbocycles. The normalized spacial score (nSPS) is 24.2. The molecule has 1 unspecified atom stereocenters. The highest BCUT2D eigenvalue weighted by atomic mass is 35.5. The maximum absolute atomic E-state index is 12.4. The zero-order valence-electron chi connectivity index (χ0n) is 11.3. The summed E-state index contributed by atoms with van der Waals surface area (Å²) in [5.74, 6) is -0.0615. The highest BCUT2D eigenvalue weighted by Gasteiger charge is 2.37. The van der Waals surface area contributed by atoms with E-state index >= 15 is 0 Å². The van der Waals surface area contributed by atoms with Crippen LogP contribution in [0.5, 0.6) is 0 Å². The Kier molecular flexibility index (Phi) is 3.71. The molecule has 2 aliphatic rings. The fourth-order valence-electron chi connectivity index (χ4n) is 3.00. The van der Waals surface area contributed by atoms with Crippen LogP contribution >= 0.6 is 11.6 Å². The molecule has 1 aliphatic carbocycles. The van der Waals surface area contributed by atoms with E-state index in [1.54, 1.807) is 0 Å². The number of carbonyl (C=O) groups excluding carboxylic acids is 1. The molecule has 1 fully saturated rings. The second-order valence-corrected chi connectivity index (χ2v) is 6.11. The fraction of sp³-hybridized carbons (Fsp3) is 0.533. The van der Waals surface area contributed by atoms with Gasteiger partial charge in [0.2, 0.25) is 5.91 Å². The Morgan fingerprint density at radius 1 is 1.40 bits per heavy atom. The molecule has 5 heteroatoms. The predicted molar refractivity (Wildman–Crippen MR) is 77.6 cm³/mol. The van der Waals surface area contributed by atoms with Crippen molar-refractivity contribution in [3.8, 4) is 0 Å². The van der Waals surface area contributed by atoms with Crippen molar-refractivity contribution in [2.45, 2.75) is 37.3 Å². The smallest absolute Gasteiger partial charge is 0.240 e. The van der Waals surface area contributed by atoms with Gasteiger partial charge < -0.3 is 15.8 Å². The lowest BCUT2D eigenvalue weighted by atomic mass is 9.90. The molecule has 108 valence electrons. The number of carbonyl (C=O) groups is 1. The van der Waals surface area contributed by atoms with Crippen molar-refractivity contribution in [3.05, 3.63) is 34.3 Å². The first-order valence-electron chi connectivity index (χ1n) is 7.04. The molecule has 3 rings (SSSR count). The van der Waals surface area contributed by atoms with E-state index in [4.69, 9.17) is 22.1 Å². The summed E-state index contributed by atoms with van der Waals surface area (Å²) in [4.78, 5) is 12.4. The lowest BCUT2D eigenvalue weighted by Gasteiger charge is -2.33. The van der Waals surface area contributed by atoms with Crippen molar-refractivity contribution in [2.24, 2.45) is 5.73 Å². The van der Waals surface area contributed by atoms with E-state index in [1.165, 1.54) is 11.1 Å². The Morgan fingerprint density at radius 3 is 2.90 bits per heavy atom. The number of nitrogens with two attached hydrogens (primary N) is 1. The van der Waals surface area contributed by atoms with Crippen molar-refractivity contribution in [2.75, 3.05) is 13.2 Å². The molecule has 1 atom stereocenters. The Labute approximate surface area is 123 Å². The molecular formula is C15H19ClN2O2. The van der Waals surface area contributed by atoms with Crippen LogP contribution in [0.1, 0.15) is 36.4 Å². The molecule has 0 radical (unpaired) electrons. The van der Waals surface area contributed by atoms with E-state index in [-0.39, 0.29) is 11.9 Å². The second kappa shape index (κ2) is 5.35. The molecule has 1 aromatic rings. The number of nitrogens with one attached hydrogen (secondary N) is 1. The van der Waals surface area contributed by atoms with E-state index in [0.717, 1.165) is 17.9 Å². The van der Waals surface area contributed by atoms with Gasteiger partial charge in [-0.05, 0) is 48.9 Å². The Hall–Kier alpha value is -1.10. The zero-order chi connectivity index (χ0) is 14.2. The fourth-order valence-corrected chi connectivity index (χ4v) is 3.20. The first-order chi connectivity index (χ1) is 9.58. The lowest BCUT2D eigenvalue weighted by Crippen LogP contribution is -2.57. The van der Waals surface area contributed by atoms with Gasteiger partial charge in [0.1, 0.15) is 0 Å². The molecule has 1 saturated heterocycles. The van der Waals surface area contributed by atoms with Gasteiger partial charge in [-0.3, -0.25) is 4.79 Å². The van der Waals surface area contributed by atoms with E-state index in [0.29, 0.717) is 26.1 Å². The van der Waals surface area contributed by atoms with Crippen LogP contribution in [0, 0.1) is 0 Å². The van der Waals surface area contributed by atoms with Gasteiger partial charge >= 0.3 is 0 Å². The van der Waals surface area contributed by atoms with Crippen molar-refractivity contribution in [3.63, 3.8) is 0 Å². The summed E-state index contributed by atoms with van der Waals surface area (Å²) in [5, 5.41) is 3.85. The van der Waals surface area contributed by atoms with Crippen molar-refractivity contribution < 1.29 is 9.53 Å². The number of ether oxygens (including phenoxy) is 1. The Balaban J connectivity index is 1.72. The Bertz CT molecular complexity index is 527. The van der Waals surface area contributed by atoms with Crippen LogP contribution in [0.25, 0.3) is 0 Å². The number of hydrogen-bond donors (Lipinski definition) is 2. The SMILES string of the molecule is NC1(C(=O)NC2CCc3cc(Cl)ccc32)CCOCC1. The summed E-state index contributed by atoms with van der Waals surface area (Å²) in [6, 6.07) is 5.91. The van der Waals surface area contributed by atoms with Crippen LogP contribution in [0.2, 0.25) is 5.02 Å². The number of aryl methyl sites for hydroxylation is 1. The standard InChI is InChI=1S/C15H19ClN2O2/c16-11-2-3-12-10(9-11)1-4-13(12)18-14(19)15(17)5-7-20-8-6-15/h2-3,9,13H,1,4-8,17H2,(H,18,19). The number of rotatable bonds is 2. The summed E-state index contributed by atoms with van der Waals surface area (Å²) in [7, 11) is 0. The van der Waals surface area contributed by atoms with Crippen LogP contribution in [-0.2, 0) is 16.0 Å². The van der Waals surface area contributed by atoms with Gasteiger partial charge in [-0.25, -0.2) is 0 Å². The average Bonchev–Trinajstić information content (AvgIpc) is 2.82.